The summed E-state index contributed by atoms with van der Waals surface area (Å²) in [7, 11) is 0. The first-order chi connectivity index (χ1) is 8.15. The molecule has 3 atom stereocenters. The normalized spacial score (nSPS) is 34.0. The number of hydrogen-bond donors (Lipinski definition) is 1. The summed E-state index contributed by atoms with van der Waals surface area (Å²) in [5.41, 5.74) is 5.98. The van der Waals surface area contributed by atoms with E-state index in [2.05, 4.69) is 6.92 Å². The summed E-state index contributed by atoms with van der Waals surface area (Å²) in [5.74, 6) is 1.76. The van der Waals surface area contributed by atoms with Crippen LogP contribution < -0.4 is 5.73 Å². The number of hydrogen-bond acceptors (Lipinski definition) is 2. The second kappa shape index (κ2) is 5.85. The van der Waals surface area contributed by atoms with Crippen LogP contribution in [0.5, 0.6) is 0 Å². The molecule has 3 heteroatoms. The van der Waals surface area contributed by atoms with Crippen molar-refractivity contribution in [3.05, 3.63) is 0 Å². The molecule has 17 heavy (non-hydrogen) atoms. The fourth-order valence-corrected chi connectivity index (χ4v) is 3.24. The molecule has 0 aromatic heterocycles. The van der Waals surface area contributed by atoms with Crippen molar-refractivity contribution in [3.8, 4) is 0 Å². The lowest BCUT2D eigenvalue weighted by Gasteiger charge is -2.27. The molecular formula is C14H26N2O. The smallest absolute Gasteiger partial charge is 0.222 e. The average molecular weight is 238 g/mol. The average Bonchev–Trinajstić information content (AvgIpc) is 2.73. The van der Waals surface area contributed by atoms with Crippen molar-refractivity contribution in [3.63, 3.8) is 0 Å². The molecule has 0 aromatic carbocycles. The van der Waals surface area contributed by atoms with E-state index in [1.165, 1.54) is 25.7 Å². The minimum atomic E-state index is 0.369. The Morgan fingerprint density at radius 2 is 2.18 bits per heavy atom. The first-order valence-corrected chi connectivity index (χ1v) is 7.18. The lowest BCUT2D eigenvalue weighted by atomic mass is 9.83. The third kappa shape index (κ3) is 3.70. The van der Waals surface area contributed by atoms with Gasteiger partial charge in [-0.3, -0.25) is 4.79 Å². The maximum atomic E-state index is 12.0. The Hall–Kier alpha value is -0.570. The van der Waals surface area contributed by atoms with E-state index in [1.54, 1.807) is 0 Å². The van der Waals surface area contributed by atoms with Gasteiger partial charge >= 0.3 is 0 Å². The molecule has 1 saturated heterocycles. The number of amides is 1. The van der Waals surface area contributed by atoms with Gasteiger partial charge in [0.15, 0.2) is 0 Å². The van der Waals surface area contributed by atoms with Crippen molar-refractivity contribution in [2.24, 2.45) is 17.6 Å². The second-order valence-corrected chi connectivity index (χ2v) is 6.06. The predicted octanol–water partition coefficient (Wildman–Crippen LogP) is 2.15. The fourth-order valence-electron chi connectivity index (χ4n) is 3.24. The second-order valence-electron chi connectivity index (χ2n) is 6.06. The van der Waals surface area contributed by atoms with Crippen LogP contribution in [0.2, 0.25) is 0 Å². The van der Waals surface area contributed by atoms with E-state index in [0.29, 0.717) is 23.8 Å². The number of nitrogens with zero attached hydrogens (tertiary/aromatic N) is 1. The maximum absolute atomic E-state index is 12.0. The minimum absolute atomic E-state index is 0.369. The topological polar surface area (TPSA) is 46.3 Å². The Kier molecular flexibility index (Phi) is 4.43. The molecule has 3 nitrogen and oxygen atoms in total. The minimum Gasteiger partial charge on any atom is -0.342 e. The van der Waals surface area contributed by atoms with Gasteiger partial charge in [-0.25, -0.2) is 0 Å². The van der Waals surface area contributed by atoms with E-state index in [0.717, 1.165) is 32.4 Å². The van der Waals surface area contributed by atoms with Crippen LogP contribution in [0, 0.1) is 11.8 Å². The van der Waals surface area contributed by atoms with E-state index in [1.807, 2.05) is 4.90 Å². The molecule has 2 aliphatic rings. The summed E-state index contributed by atoms with van der Waals surface area (Å²) in [6.07, 6.45) is 7.80. The van der Waals surface area contributed by atoms with E-state index in [9.17, 15) is 4.79 Å². The van der Waals surface area contributed by atoms with Gasteiger partial charge in [-0.15, -0.1) is 0 Å². The molecule has 0 spiro atoms. The van der Waals surface area contributed by atoms with Crippen molar-refractivity contribution in [1.82, 2.24) is 4.90 Å². The maximum Gasteiger partial charge on any atom is 0.222 e. The Morgan fingerprint density at radius 1 is 1.35 bits per heavy atom. The van der Waals surface area contributed by atoms with Crippen LogP contribution in [0.4, 0.5) is 0 Å². The molecule has 98 valence electrons. The number of likely N-dealkylation sites (tertiary alicyclic amines) is 1. The van der Waals surface area contributed by atoms with Crippen molar-refractivity contribution in [2.45, 2.75) is 57.9 Å². The number of carbonyl (C=O) groups excluding carboxylic acids is 1. The third-order valence-corrected chi connectivity index (χ3v) is 4.37. The first-order valence-electron chi connectivity index (χ1n) is 7.18. The Labute approximate surface area is 105 Å². The number of nitrogens with two attached hydrogens (primary N) is 1. The molecule has 0 radical (unpaired) electrons. The molecule has 1 heterocycles. The van der Waals surface area contributed by atoms with Crippen LogP contribution in [-0.2, 0) is 4.79 Å². The van der Waals surface area contributed by atoms with Gasteiger partial charge in [-0.1, -0.05) is 19.8 Å². The van der Waals surface area contributed by atoms with E-state index >= 15 is 0 Å². The lowest BCUT2D eigenvalue weighted by molar-refractivity contribution is -0.130. The predicted molar refractivity (Wildman–Crippen MR) is 69.5 cm³/mol. The van der Waals surface area contributed by atoms with Crippen LogP contribution in [0.25, 0.3) is 0 Å². The van der Waals surface area contributed by atoms with Crippen LogP contribution >= 0.6 is 0 Å². The molecule has 0 bridgehead atoms. The van der Waals surface area contributed by atoms with Crippen LogP contribution in [0.3, 0.4) is 0 Å². The van der Waals surface area contributed by atoms with Crippen LogP contribution in [-0.4, -0.2) is 29.9 Å². The molecular weight excluding hydrogens is 212 g/mol. The molecule has 1 aliphatic heterocycles. The molecule has 0 aromatic rings. The zero-order chi connectivity index (χ0) is 12.3. The highest BCUT2D eigenvalue weighted by Gasteiger charge is 2.25. The Morgan fingerprint density at radius 3 is 2.82 bits per heavy atom. The number of rotatable bonds is 3. The zero-order valence-corrected chi connectivity index (χ0v) is 11.0. The largest absolute Gasteiger partial charge is 0.342 e. The highest BCUT2D eigenvalue weighted by atomic mass is 16.2. The highest BCUT2D eigenvalue weighted by molar-refractivity contribution is 5.76. The van der Waals surface area contributed by atoms with Gasteiger partial charge in [0.25, 0.3) is 0 Å². The molecule has 3 unspecified atom stereocenters. The highest BCUT2D eigenvalue weighted by Crippen LogP contribution is 2.27. The monoisotopic (exact) mass is 238 g/mol. The van der Waals surface area contributed by atoms with Crippen molar-refractivity contribution in [2.75, 3.05) is 13.1 Å². The van der Waals surface area contributed by atoms with Crippen molar-refractivity contribution < 1.29 is 4.79 Å². The van der Waals surface area contributed by atoms with Crippen LogP contribution in [0.1, 0.15) is 51.9 Å². The molecule has 1 saturated carbocycles. The van der Waals surface area contributed by atoms with E-state index < -0.39 is 0 Å². The lowest BCUT2D eigenvalue weighted by Crippen LogP contribution is -2.31. The third-order valence-electron chi connectivity index (χ3n) is 4.37. The van der Waals surface area contributed by atoms with Gasteiger partial charge in [0.1, 0.15) is 0 Å². The van der Waals surface area contributed by atoms with Gasteiger partial charge in [0, 0.05) is 25.6 Å². The SMILES string of the molecule is CC1CCN(C(=O)CCC2CCCC(N)C2)C1. The number of carbonyl (C=O) groups is 1. The summed E-state index contributed by atoms with van der Waals surface area (Å²) in [6, 6.07) is 0.385. The molecule has 1 aliphatic carbocycles. The standard InChI is InChI=1S/C14H26N2O/c1-11-7-8-16(10-11)14(17)6-5-12-3-2-4-13(15)9-12/h11-13H,2-10,15H2,1H3. The summed E-state index contributed by atoms with van der Waals surface area (Å²) < 4.78 is 0. The van der Waals surface area contributed by atoms with Crippen molar-refractivity contribution in [1.29, 1.82) is 0 Å². The summed E-state index contributed by atoms with van der Waals surface area (Å²) >= 11 is 0. The molecule has 2 fully saturated rings. The Bertz CT molecular complexity index is 267. The molecule has 2 N–H and O–H groups in total. The molecule has 2 rings (SSSR count). The summed E-state index contributed by atoms with van der Waals surface area (Å²) in [4.78, 5) is 14.1. The van der Waals surface area contributed by atoms with Gasteiger partial charge in [0.05, 0.1) is 0 Å². The zero-order valence-electron chi connectivity index (χ0n) is 11.0. The molecule has 1 amide bonds. The van der Waals surface area contributed by atoms with Gasteiger partial charge in [0.2, 0.25) is 5.91 Å². The van der Waals surface area contributed by atoms with Gasteiger partial charge in [-0.2, -0.15) is 0 Å². The van der Waals surface area contributed by atoms with Gasteiger partial charge < -0.3 is 10.6 Å². The van der Waals surface area contributed by atoms with E-state index in [-0.39, 0.29) is 0 Å². The van der Waals surface area contributed by atoms with Gasteiger partial charge in [-0.05, 0) is 37.5 Å². The summed E-state index contributed by atoms with van der Waals surface area (Å²) in [6.45, 7) is 4.18. The van der Waals surface area contributed by atoms with Crippen LogP contribution in [0.15, 0.2) is 0 Å². The quantitative estimate of drug-likeness (QED) is 0.819. The van der Waals surface area contributed by atoms with Crippen molar-refractivity contribution >= 4 is 5.91 Å². The summed E-state index contributed by atoms with van der Waals surface area (Å²) in [5, 5.41) is 0. The fraction of sp³-hybridized carbons (Fsp3) is 0.929. The first kappa shape index (κ1) is 12.9. The Balaban J connectivity index is 1.69. The van der Waals surface area contributed by atoms with E-state index in [4.69, 9.17) is 5.73 Å².